The molecule has 2 rings (SSSR count). The molecule has 3 N–H and O–H groups in total. The number of esters is 1. The van der Waals surface area contributed by atoms with Gasteiger partial charge in [-0.05, 0) is 85.4 Å². The van der Waals surface area contributed by atoms with Crippen molar-refractivity contribution in [3.05, 3.63) is 42.6 Å². The molecule has 1 aliphatic rings. The van der Waals surface area contributed by atoms with E-state index < -0.39 is 5.41 Å². The Morgan fingerprint density at radius 2 is 1.69 bits per heavy atom. The lowest BCUT2D eigenvalue weighted by atomic mass is 9.68. The topological polar surface area (TPSA) is 90.9 Å². The highest BCUT2D eigenvalue weighted by Crippen LogP contribution is 2.42. The number of amides is 1. The number of nitrogens with one attached hydrogen (secondary N) is 2. The number of anilines is 1. The molecular formula is C29H53N3O4. The van der Waals surface area contributed by atoms with Crippen molar-refractivity contribution in [3.8, 4) is 0 Å². The summed E-state index contributed by atoms with van der Waals surface area (Å²) < 4.78 is 5.07. The van der Waals surface area contributed by atoms with E-state index in [1.165, 1.54) is 12.0 Å². The summed E-state index contributed by atoms with van der Waals surface area (Å²) in [6.07, 6.45) is 8.21. The molecule has 0 radical (unpaired) electrons. The molecule has 0 saturated heterocycles. The van der Waals surface area contributed by atoms with Crippen molar-refractivity contribution in [1.82, 2.24) is 10.2 Å². The van der Waals surface area contributed by atoms with E-state index in [-0.39, 0.29) is 17.9 Å². The maximum absolute atomic E-state index is 12.4. The molecule has 0 bridgehead atoms. The molecule has 0 aliphatic heterocycles. The number of carbonyl (C=O) groups is 2. The van der Waals surface area contributed by atoms with E-state index in [2.05, 4.69) is 69.1 Å². The normalized spacial score (nSPS) is 13.6. The van der Waals surface area contributed by atoms with Gasteiger partial charge in [0.2, 0.25) is 5.91 Å². The highest BCUT2D eigenvalue weighted by molar-refractivity contribution is 6.03. The van der Waals surface area contributed by atoms with Crippen molar-refractivity contribution < 1.29 is 19.4 Å². The third-order valence-electron chi connectivity index (χ3n) is 5.50. The first-order chi connectivity index (χ1) is 17.2. The van der Waals surface area contributed by atoms with Crippen LogP contribution < -0.4 is 10.6 Å². The molecule has 1 fully saturated rings. The smallest absolute Gasteiger partial charge is 0.321 e. The summed E-state index contributed by atoms with van der Waals surface area (Å²) in [6.45, 7) is 15.1. The fourth-order valence-corrected chi connectivity index (χ4v) is 3.40. The molecule has 7 heteroatoms. The standard InChI is InChI=1S/C16H30N2O3.C9H11N.C3H8.CH4O/c1-5-21-15(20)16(10-8-11-16)14(19)17-13(2)9-6-7-12-18(3)4;1-3-10-9-6-4-8(2)5-7-9;1-3-2;1-2/h13H,5-12H2,1-4H3,(H,17,19);3-7,10H,1H2,2H3;3H2,1-2H3;2H,1H3/t13-;;;/m1.../s1. The number of benzene rings is 1. The number of nitrogens with zero attached hydrogens (tertiary/aromatic N) is 1. The van der Waals surface area contributed by atoms with Gasteiger partial charge in [-0.3, -0.25) is 9.59 Å². The average Bonchev–Trinajstić information content (AvgIpc) is 2.80. The zero-order chi connectivity index (χ0) is 28.0. The predicted molar refractivity (Wildman–Crippen MR) is 152 cm³/mol. The lowest BCUT2D eigenvalue weighted by molar-refractivity contribution is -0.167. The number of aliphatic hydroxyl groups is 1. The summed E-state index contributed by atoms with van der Waals surface area (Å²) in [6, 6.07) is 8.28. The van der Waals surface area contributed by atoms with Gasteiger partial charge in [0, 0.05) is 18.8 Å². The summed E-state index contributed by atoms with van der Waals surface area (Å²) in [5.41, 5.74) is 1.45. The van der Waals surface area contributed by atoms with Crippen LogP contribution in [0.5, 0.6) is 0 Å². The first-order valence-corrected chi connectivity index (χ1v) is 13.2. The zero-order valence-electron chi connectivity index (χ0n) is 24.2. The van der Waals surface area contributed by atoms with Gasteiger partial charge in [-0.25, -0.2) is 0 Å². The number of carbonyl (C=O) groups excluding carboxylic acids is 2. The first kappa shape index (κ1) is 35.8. The van der Waals surface area contributed by atoms with Crippen LogP contribution in [0.25, 0.3) is 0 Å². The molecule has 208 valence electrons. The van der Waals surface area contributed by atoms with Crippen molar-refractivity contribution in [3.63, 3.8) is 0 Å². The monoisotopic (exact) mass is 507 g/mol. The van der Waals surface area contributed by atoms with Gasteiger partial charge in [0.05, 0.1) is 6.61 Å². The zero-order valence-corrected chi connectivity index (χ0v) is 24.2. The molecule has 0 unspecified atom stereocenters. The van der Waals surface area contributed by atoms with Crippen LogP contribution in [0.1, 0.15) is 78.2 Å². The summed E-state index contributed by atoms with van der Waals surface area (Å²) in [7, 11) is 5.12. The van der Waals surface area contributed by atoms with Crippen LogP contribution in [0.2, 0.25) is 0 Å². The Morgan fingerprint density at radius 1 is 1.14 bits per heavy atom. The molecule has 1 saturated carbocycles. The van der Waals surface area contributed by atoms with E-state index >= 15 is 0 Å². The lowest BCUT2D eigenvalue weighted by Crippen LogP contribution is -2.53. The highest BCUT2D eigenvalue weighted by atomic mass is 16.5. The van der Waals surface area contributed by atoms with Crippen LogP contribution in [0.3, 0.4) is 0 Å². The van der Waals surface area contributed by atoms with Gasteiger partial charge in [0.1, 0.15) is 5.41 Å². The number of hydrogen-bond donors (Lipinski definition) is 3. The fraction of sp³-hybridized carbons (Fsp3) is 0.655. The largest absolute Gasteiger partial charge is 0.465 e. The van der Waals surface area contributed by atoms with Crippen LogP contribution in [-0.2, 0) is 14.3 Å². The minimum absolute atomic E-state index is 0.103. The van der Waals surface area contributed by atoms with Crippen LogP contribution >= 0.6 is 0 Å². The Morgan fingerprint density at radius 3 is 2.11 bits per heavy atom. The molecule has 1 amide bonds. The molecular weight excluding hydrogens is 454 g/mol. The predicted octanol–water partition coefficient (Wildman–Crippen LogP) is 5.53. The Hall–Kier alpha value is -2.38. The summed E-state index contributed by atoms with van der Waals surface area (Å²) in [5, 5.41) is 13.0. The second kappa shape index (κ2) is 21.9. The van der Waals surface area contributed by atoms with Gasteiger partial charge in [0.15, 0.2) is 0 Å². The molecule has 0 spiro atoms. The van der Waals surface area contributed by atoms with E-state index in [4.69, 9.17) is 9.84 Å². The molecule has 7 nitrogen and oxygen atoms in total. The van der Waals surface area contributed by atoms with E-state index in [0.717, 1.165) is 45.0 Å². The summed E-state index contributed by atoms with van der Waals surface area (Å²) in [4.78, 5) is 26.6. The number of aliphatic hydroxyl groups excluding tert-OH is 1. The van der Waals surface area contributed by atoms with Crippen LogP contribution in [0.15, 0.2) is 37.0 Å². The maximum Gasteiger partial charge on any atom is 0.321 e. The first-order valence-electron chi connectivity index (χ1n) is 13.2. The molecule has 1 aromatic carbocycles. The van der Waals surface area contributed by atoms with Gasteiger partial charge in [-0.1, -0.05) is 57.4 Å². The number of hydrogen-bond acceptors (Lipinski definition) is 6. The van der Waals surface area contributed by atoms with E-state index in [0.29, 0.717) is 19.4 Å². The number of rotatable bonds is 11. The van der Waals surface area contributed by atoms with E-state index in [9.17, 15) is 9.59 Å². The van der Waals surface area contributed by atoms with Gasteiger partial charge >= 0.3 is 5.97 Å². The van der Waals surface area contributed by atoms with Gasteiger partial charge in [0.25, 0.3) is 0 Å². The number of unbranched alkanes of at least 4 members (excludes halogenated alkanes) is 1. The minimum Gasteiger partial charge on any atom is -0.465 e. The molecule has 0 aromatic heterocycles. The number of aryl methyl sites for hydroxylation is 1. The second-order valence-electron chi connectivity index (χ2n) is 9.25. The molecule has 36 heavy (non-hydrogen) atoms. The molecule has 1 aromatic rings. The van der Waals surface area contributed by atoms with Gasteiger partial charge in [-0.15, -0.1) is 0 Å². The fourth-order valence-electron chi connectivity index (χ4n) is 3.40. The van der Waals surface area contributed by atoms with Crippen LogP contribution in [0.4, 0.5) is 5.69 Å². The van der Waals surface area contributed by atoms with Crippen molar-refractivity contribution in [2.45, 2.75) is 85.6 Å². The SMILES string of the molecule is C=CNc1ccc(C)cc1.CCC.CCOC(=O)C1(C(=O)N[C@H](C)CCCCN(C)C)CCC1.CO. The Kier molecular flexibility index (Phi) is 21.7. The number of ether oxygens (including phenoxy) is 1. The molecule has 1 aliphatic carbocycles. The lowest BCUT2D eigenvalue weighted by Gasteiger charge is -2.38. The molecule has 0 heterocycles. The van der Waals surface area contributed by atoms with Crippen molar-refractivity contribution >= 4 is 17.6 Å². The second-order valence-corrected chi connectivity index (χ2v) is 9.25. The van der Waals surface area contributed by atoms with Crippen LogP contribution in [-0.4, -0.2) is 62.3 Å². The summed E-state index contributed by atoms with van der Waals surface area (Å²) in [5.74, 6) is -0.499. The van der Waals surface area contributed by atoms with E-state index in [1.807, 2.05) is 19.1 Å². The third kappa shape index (κ3) is 14.9. The Balaban J connectivity index is 0. The Labute approximate surface area is 220 Å². The minimum atomic E-state index is -0.909. The average molecular weight is 508 g/mol. The van der Waals surface area contributed by atoms with Crippen molar-refractivity contribution in [2.24, 2.45) is 5.41 Å². The summed E-state index contributed by atoms with van der Waals surface area (Å²) >= 11 is 0. The van der Waals surface area contributed by atoms with Crippen molar-refractivity contribution in [1.29, 1.82) is 0 Å². The van der Waals surface area contributed by atoms with Crippen molar-refractivity contribution in [2.75, 3.05) is 39.7 Å². The highest BCUT2D eigenvalue weighted by Gasteiger charge is 2.52. The molecule has 1 atom stereocenters. The van der Waals surface area contributed by atoms with Crippen LogP contribution in [0, 0.1) is 12.3 Å². The van der Waals surface area contributed by atoms with Gasteiger partial charge < -0.3 is 25.4 Å². The maximum atomic E-state index is 12.4. The Bertz CT molecular complexity index is 701. The quantitative estimate of drug-likeness (QED) is 0.207. The van der Waals surface area contributed by atoms with E-state index in [1.54, 1.807) is 13.1 Å². The van der Waals surface area contributed by atoms with Gasteiger partial charge in [-0.2, -0.15) is 0 Å². The third-order valence-corrected chi connectivity index (χ3v) is 5.50.